The SMILES string of the molecule is CN1CCC2(CC1)Oc1ccccc1[C@@H]1C=C(c3cccc(Br)c3)NN12. The fraction of sp³-hybridized carbons (Fsp3) is 0.333. The summed E-state index contributed by atoms with van der Waals surface area (Å²) in [6, 6.07) is 17.1. The summed E-state index contributed by atoms with van der Waals surface area (Å²) in [5, 5.41) is 2.35. The van der Waals surface area contributed by atoms with Gasteiger partial charge in [-0.25, -0.2) is 0 Å². The van der Waals surface area contributed by atoms with E-state index in [0.29, 0.717) is 0 Å². The number of rotatable bonds is 1. The molecule has 2 aromatic rings. The van der Waals surface area contributed by atoms with Gasteiger partial charge in [-0.15, -0.1) is 0 Å². The van der Waals surface area contributed by atoms with Crippen molar-refractivity contribution in [1.29, 1.82) is 0 Å². The van der Waals surface area contributed by atoms with E-state index in [1.54, 1.807) is 0 Å². The van der Waals surface area contributed by atoms with Crippen LogP contribution in [0.5, 0.6) is 5.75 Å². The fourth-order valence-electron chi connectivity index (χ4n) is 4.25. The highest BCUT2D eigenvalue weighted by atomic mass is 79.9. The topological polar surface area (TPSA) is 27.7 Å². The number of likely N-dealkylation sites (tertiary alicyclic amines) is 1. The maximum absolute atomic E-state index is 6.62. The van der Waals surface area contributed by atoms with Crippen molar-refractivity contribution < 1.29 is 4.74 Å². The smallest absolute Gasteiger partial charge is 0.182 e. The van der Waals surface area contributed by atoms with Gasteiger partial charge in [-0.3, -0.25) is 0 Å². The third-order valence-corrected chi connectivity index (χ3v) is 6.22. The van der Waals surface area contributed by atoms with E-state index in [4.69, 9.17) is 4.74 Å². The molecule has 1 N–H and O–H groups in total. The predicted molar refractivity (Wildman–Crippen MR) is 106 cm³/mol. The molecule has 5 heteroatoms. The Hall–Kier alpha value is -1.82. The minimum absolute atomic E-state index is 0.192. The Bertz CT molecular complexity index is 873. The van der Waals surface area contributed by atoms with E-state index in [-0.39, 0.29) is 11.8 Å². The van der Waals surface area contributed by atoms with Gasteiger partial charge in [0, 0.05) is 36.0 Å². The second-order valence-electron chi connectivity index (χ2n) is 7.41. The molecule has 0 saturated carbocycles. The quantitative estimate of drug-likeness (QED) is 0.761. The van der Waals surface area contributed by atoms with Gasteiger partial charge in [-0.1, -0.05) is 46.3 Å². The molecular formula is C21H22BrN3O. The predicted octanol–water partition coefficient (Wildman–Crippen LogP) is 4.17. The molecule has 0 amide bonds. The summed E-state index contributed by atoms with van der Waals surface area (Å²) in [6.07, 6.45) is 4.31. The molecule has 26 heavy (non-hydrogen) atoms. The van der Waals surface area contributed by atoms with Crippen molar-refractivity contribution in [3.63, 3.8) is 0 Å². The lowest BCUT2D eigenvalue weighted by atomic mass is 9.93. The van der Waals surface area contributed by atoms with Gasteiger partial charge in [-0.2, -0.15) is 5.01 Å². The molecule has 1 atom stereocenters. The highest BCUT2D eigenvalue weighted by Crippen LogP contribution is 2.48. The molecule has 3 aliphatic rings. The second kappa shape index (κ2) is 6.12. The van der Waals surface area contributed by atoms with Gasteiger partial charge in [0.25, 0.3) is 0 Å². The van der Waals surface area contributed by atoms with Crippen molar-refractivity contribution >= 4 is 21.6 Å². The molecule has 1 saturated heterocycles. The Morgan fingerprint density at radius 1 is 1.12 bits per heavy atom. The Labute approximate surface area is 162 Å². The minimum Gasteiger partial charge on any atom is -0.470 e. The average Bonchev–Trinajstić information content (AvgIpc) is 3.11. The first kappa shape index (κ1) is 16.4. The van der Waals surface area contributed by atoms with Crippen LogP contribution in [0.15, 0.2) is 59.1 Å². The van der Waals surface area contributed by atoms with E-state index in [0.717, 1.165) is 41.9 Å². The van der Waals surface area contributed by atoms with Crippen LogP contribution in [0, 0.1) is 0 Å². The van der Waals surface area contributed by atoms with Crippen LogP contribution in [0.25, 0.3) is 5.70 Å². The number of fused-ring (bicyclic) bond motifs is 4. The normalized spacial score (nSPS) is 24.4. The van der Waals surface area contributed by atoms with Crippen LogP contribution < -0.4 is 10.2 Å². The van der Waals surface area contributed by atoms with E-state index in [1.165, 1.54) is 11.1 Å². The van der Waals surface area contributed by atoms with Gasteiger partial charge in [0.1, 0.15) is 5.75 Å². The van der Waals surface area contributed by atoms with Gasteiger partial charge in [0.15, 0.2) is 5.72 Å². The maximum atomic E-state index is 6.62. The molecule has 0 aromatic heterocycles. The Balaban J connectivity index is 1.58. The molecule has 134 valence electrons. The molecule has 0 unspecified atom stereocenters. The van der Waals surface area contributed by atoms with Crippen LogP contribution in [0.1, 0.15) is 30.0 Å². The van der Waals surface area contributed by atoms with Crippen LogP contribution in [0.4, 0.5) is 0 Å². The summed E-state index contributed by atoms with van der Waals surface area (Å²) in [7, 11) is 2.18. The van der Waals surface area contributed by atoms with Crippen molar-refractivity contribution in [2.75, 3.05) is 20.1 Å². The molecule has 0 bridgehead atoms. The molecule has 3 aliphatic heterocycles. The van der Waals surface area contributed by atoms with Crippen molar-refractivity contribution in [3.05, 3.63) is 70.2 Å². The van der Waals surface area contributed by atoms with Crippen LogP contribution >= 0.6 is 15.9 Å². The summed E-state index contributed by atoms with van der Waals surface area (Å²) >= 11 is 3.59. The van der Waals surface area contributed by atoms with E-state index in [1.807, 2.05) is 0 Å². The molecule has 3 heterocycles. The lowest BCUT2D eigenvalue weighted by molar-refractivity contribution is -0.157. The second-order valence-corrected chi connectivity index (χ2v) is 8.32. The van der Waals surface area contributed by atoms with Crippen LogP contribution in [-0.4, -0.2) is 35.8 Å². The number of para-hydroxylation sites is 1. The van der Waals surface area contributed by atoms with E-state index < -0.39 is 0 Å². The number of nitrogens with zero attached hydrogens (tertiary/aromatic N) is 2. The summed E-state index contributed by atoms with van der Waals surface area (Å²) < 4.78 is 7.72. The van der Waals surface area contributed by atoms with Gasteiger partial charge < -0.3 is 15.1 Å². The number of ether oxygens (including phenoxy) is 1. The monoisotopic (exact) mass is 411 g/mol. The standard InChI is InChI=1S/C21H22BrN3O/c1-24-11-9-21(10-12-24)25-19(17-7-2-3-8-20(17)26-21)14-18(23-25)15-5-4-6-16(22)13-15/h2-8,13-14,19,23H,9-12H2,1H3/t19-/m0/s1. The molecule has 4 nitrogen and oxygen atoms in total. The number of hydrogen-bond donors (Lipinski definition) is 1. The molecule has 0 radical (unpaired) electrons. The number of hydrazine groups is 1. The number of hydrogen-bond acceptors (Lipinski definition) is 4. The zero-order valence-electron chi connectivity index (χ0n) is 14.8. The van der Waals surface area contributed by atoms with E-state index >= 15 is 0 Å². The summed E-state index contributed by atoms with van der Waals surface area (Å²) in [6.45, 7) is 2.08. The lowest BCUT2D eigenvalue weighted by Gasteiger charge is -2.51. The van der Waals surface area contributed by atoms with Gasteiger partial charge >= 0.3 is 0 Å². The maximum Gasteiger partial charge on any atom is 0.182 e. The van der Waals surface area contributed by atoms with Crippen LogP contribution in [0.3, 0.4) is 0 Å². The van der Waals surface area contributed by atoms with Crippen molar-refractivity contribution in [1.82, 2.24) is 15.3 Å². The molecule has 0 aliphatic carbocycles. The van der Waals surface area contributed by atoms with Crippen molar-refractivity contribution in [2.45, 2.75) is 24.6 Å². The van der Waals surface area contributed by atoms with Crippen LogP contribution in [-0.2, 0) is 0 Å². The summed E-state index contributed by atoms with van der Waals surface area (Å²) in [5.41, 5.74) is 6.96. The summed E-state index contributed by atoms with van der Waals surface area (Å²) in [4.78, 5) is 2.38. The highest BCUT2D eigenvalue weighted by Gasteiger charge is 2.51. The lowest BCUT2D eigenvalue weighted by Crippen LogP contribution is -2.63. The zero-order chi connectivity index (χ0) is 17.7. The fourth-order valence-corrected chi connectivity index (χ4v) is 4.65. The largest absolute Gasteiger partial charge is 0.470 e. The average molecular weight is 412 g/mol. The van der Waals surface area contributed by atoms with E-state index in [2.05, 4.69) is 92.9 Å². The van der Waals surface area contributed by atoms with E-state index in [9.17, 15) is 0 Å². The Morgan fingerprint density at radius 3 is 2.73 bits per heavy atom. The number of piperidine rings is 1. The van der Waals surface area contributed by atoms with Crippen LogP contribution in [0.2, 0.25) is 0 Å². The van der Waals surface area contributed by atoms with Gasteiger partial charge in [0.05, 0.1) is 11.7 Å². The molecule has 1 fully saturated rings. The van der Waals surface area contributed by atoms with Crippen molar-refractivity contribution in [2.24, 2.45) is 0 Å². The molecule has 1 spiro atoms. The molecular weight excluding hydrogens is 390 g/mol. The van der Waals surface area contributed by atoms with Gasteiger partial charge in [-0.05, 0) is 36.9 Å². The number of nitrogens with one attached hydrogen (secondary N) is 1. The van der Waals surface area contributed by atoms with Gasteiger partial charge in [0.2, 0.25) is 0 Å². The Kier molecular flexibility index (Phi) is 3.85. The number of benzene rings is 2. The number of halogens is 1. The zero-order valence-corrected chi connectivity index (χ0v) is 16.4. The third-order valence-electron chi connectivity index (χ3n) is 5.72. The first-order valence-corrected chi connectivity index (χ1v) is 9.94. The highest BCUT2D eigenvalue weighted by molar-refractivity contribution is 9.10. The first-order valence-electron chi connectivity index (χ1n) is 9.15. The summed E-state index contributed by atoms with van der Waals surface area (Å²) in [5.74, 6) is 1.02. The molecule has 2 aromatic carbocycles. The third kappa shape index (κ3) is 2.57. The Morgan fingerprint density at radius 2 is 1.92 bits per heavy atom. The first-order chi connectivity index (χ1) is 12.6. The van der Waals surface area contributed by atoms with Crippen molar-refractivity contribution in [3.8, 4) is 5.75 Å². The molecule has 5 rings (SSSR count). The minimum atomic E-state index is -0.296.